The number of carbonyl (C=O) groups excluding carboxylic acids is 1. The number of ketones is 1. The van der Waals surface area contributed by atoms with E-state index in [1.54, 1.807) is 7.11 Å². The van der Waals surface area contributed by atoms with E-state index in [0.29, 0.717) is 5.78 Å². The molecule has 0 amide bonds. The fraction of sp³-hybridized carbons (Fsp3) is 0.588. The van der Waals surface area contributed by atoms with Crippen LogP contribution < -0.4 is 4.74 Å². The van der Waals surface area contributed by atoms with Crippen LogP contribution in [0.4, 0.5) is 0 Å². The van der Waals surface area contributed by atoms with Crippen LogP contribution in [0, 0.1) is 17.8 Å². The average Bonchev–Trinajstić information content (AvgIpc) is 2.46. The van der Waals surface area contributed by atoms with Crippen molar-refractivity contribution in [1.29, 1.82) is 0 Å². The first kappa shape index (κ1) is 14.1. The molecule has 0 aliphatic heterocycles. The molecule has 1 aromatic rings. The summed E-state index contributed by atoms with van der Waals surface area (Å²) in [5, 5.41) is 0. The summed E-state index contributed by atoms with van der Waals surface area (Å²) in [5.74, 6) is 2.89. The fourth-order valence-corrected chi connectivity index (χ4v) is 3.04. The molecule has 0 saturated heterocycles. The van der Waals surface area contributed by atoms with Gasteiger partial charge in [0.1, 0.15) is 5.75 Å². The Balaban J connectivity index is 1.97. The average molecular weight is 260 g/mol. The maximum Gasteiger partial charge on any atom is 0.165 e. The summed E-state index contributed by atoms with van der Waals surface area (Å²) in [4.78, 5) is 12.4. The minimum Gasteiger partial charge on any atom is -0.497 e. The Bertz CT molecular complexity index is 411. The molecule has 1 aliphatic carbocycles. The maximum absolute atomic E-state index is 12.4. The van der Waals surface area contributed by atoms with Crippen molar-refractivity contribution >= 4 is 5.78 Å². The molecule has 0 N–H and O–H groups in total. The maximum atomic E-state index is 12.4. The smallest absolute Gasteiger partial charge is 0.165 e. The van der Waals surface area contributed by atoms with Crippen LogP contribution >= 0.6 is 0 Å². The molecule has 1 aromatic carbocycles. The first-order valence-electron chi connectivity index (χ1n) is 7.30. The highest BCUT2D eigenvalue weighted by atomic mass is 16.5. The van der Waals surface area contributed by atoms with Gasteiger partial charge in [-0.15, -0.1) is 0 Å². The first-order chi connectivity index (χ1) is 9.11. The van der Waals surface area contributed by atoms with Crippen LogP contribution in [0.5, 0.6) is 5.75 Å². The molecule has 0 atom stereocenters. The van der Waals surface area contributed by atoms with E-state index in [2.05, 4.69) is 13.8 Å². The third-order valence-corrected chi connectivity index (χ3v) is 4.46. The normalized spacial score (nSPS) is 23.4. The molecule has 0 radical (unpaired) electrons. The van der Waals surface area contributed by atoms with E-state index in [4.69, 9.17) is 4.74 Å². The number of hydrogen-bond donors (Lipinski definition) is 0. The van der Waals surface area contributed by atoms with Crippen molar-refractivity contribution in [2.75, 3.05) is 7.11 Å². The van der Waals surface area contributed by atoms with Crippen molar-refractivity contribution in [2.24, 2.45) is 17.8 Å². The molecule has 1 aliphatic rings. The summed E-state index contributed by atoms with van der Waals surface area (Å²) in [6.45, 7) is 4.58. The minimum atomic E-state index is 0.225. The van der Waals surface area contributed by atoms with E-state index in [0.717, 1.165) is 36.0 Å². The third kappa shape index (κ3) is 3.37. The first-order valence-corrected chi connectivity index (χ1v) is 7.30. The SMILES string of the molecule is COc1ccc(C(=O)C2CCC(C(C)C)CC2)cc1. The van der Waals surface area contributed by atoms with Crippen molar-refractivity contribution in [1.82, 2.24) is 0 Å². The summed E-state index contributed by atoms with van der Waals surface area (Å²) in [7, 11) is 1.64. The van der Waals surface area contributed by atoms with Gasteiger partial charge in [0.25, 0.3) is 0 Å². The molecule has 19 heavy (non-hydrogen) atoms. The van der Waals surface area contributed by atoms with Crippen LogP contribution in [-0.2, 0) is 0 Å². The molecule has 1 fully saturated rings. The lowest BCUT2D eigenvalue weighted by atomic mass is 9.75. The Hall–Kier alpha value is -1.31. The topological polar surface area (TPSA) is 26.3 Å². The van der Waals surface area contributed by atoms with Crippen LogP contribution in [0.3, 0.4) is 0 Å². The van der Waals surface area contributed by atoms with Crippen LogP contribution in [0.2, 0.25) is 0 Å². The van der Waals surface area contributed by atoms with Crippen LogP contribution in [0.1, 0.15) is 49.9 Å². The highest BCUT2D eigenvalue weighted by Gasteiger charge is 2.28. The van der Waals surface area contributed by atoms with E-state index in [1.165, 1.54) is 12.8 Å². The quantitative estimate of drug-likeness (QED) is 0.753. The zero-order chi connectivity index (χ0) is 13.8. The van der Waals surface area contributed by atoms with E-state index >= 15 is 0 Å². The second kappa shape index (κ2) is 6.23. The van der Waals surface area contributed by atoms with Gasteiger partial charge in [0.05, 0.1) is 7.11 Å². The van der Waals surface area contributed by atoms with Crippen LogP contribution in [-0.4, -0.2) is 12.9 Å². The lowest BCUT2D eigenvalue weighted by Crippen LogP contribution is -2.24. The molecule has 2 heteroatoms. The van der Waals surface area contributed by atoms with Gasteiger partial charge in [-0.2, -0.15) is 0 Å². The summed E-state index contributed by atoms with van der Waals surface area (Å²) in [6, 6.07) is 7.51. The van der Waals surface area contributed by atoms with Gasteiger partial charge in [-0.05, 0) is 61.8 Å². The second-order valence-electron chi connectivity index (χ2n) is 5.95. The summed E-state index contributed by atoms with van der Waals surface area (Å²) < 4.78 is 5.12. The molecule has 1 saturated carbocycles. The van der Waals surface area contributed by atoms with Crippen molar-refractivity contribution < 1.29 is 9.53 Å². The van der Waals surface area contributed by atoms with Crippen LogP contribution in [0.25, 0.3) is 0 Å². The highest BCUT2D eigenvalue weighted by molar-refractivity contribution is 5.97. The zero-order valence-corrected chi connectivity index (χ0v) is 12.2. The Morgan fingerprint density at radius 1 is 1.11 bits per heavy atom. The Morgan fingerprint density at radius 2 is 1.68 bits per heavy atom. The zero-order valence-electron chi connectivity index (χ0n) is 12.2. The van der Waals surface area contributed by atoms with Gasteiger partial charge >= 0.3 is 0 Å². The second-order valence-corrected chi connectivity index (χ2v) is 5.95. The van der Waals surface area contributed by atoms with E-state index in [-0.39, 0.29) is 5.92 Å². The molecule has 0 spiro atoms. The Morgan fingerprint density at radius 3 is 2.16 bits per heavy atom. The van der Waals surface area contributed by atoms with Gasteiger partial charge in [0, 0.05) is 11.5 Å². The molecule has 2 nitrogen and oxygen atoms in total. The standard InChI is InChI=1S/C17H24O2/c1-12(2)13-4-6-14(7-5-13)17(18)15-8-10-16(19-3)11-9-15/h8-14H,4-7H2,1-3H3. The lowest BCUT2D eigenvalue weighted by molar-refractivity contribution is 0.0859. The van der Waals surface area contributed by atoms with Gasteiger partial charge in [0.2, 0.25) is 0 Å². The predicted octanol–water partition coefficient (Wildman–Crippen LogP) is 4.34. The number of rotatable bonds is 4. The van der Waals surface area contributed by atoms with Gasteiger partial charge in [0.15, 0.2) is 5.78 Å². The summed E-state index contributed by atoms with van der Waals surface area (Å²) in [6.07, 6.45) is 4.50. The van der Waals surface area contributed by atoms with Gasteiger partial charge in [-0.25, -0.2) is 0 Å². The monoisotopic (exact) mass is 260 g/mol. The van der Waals surface area contributed by atoms with Crippen molar-refractivity contribution in [3.05, 3.63) is 29.8 Å². The van der Waals surface area contributed by atoms with Gasteiger partial charge < -0.3 is 4.74 Å². The van der Waals surface area contributed by atoms with E-state index in [1.807, 2.05) is 24.3 Å². The predicted molar refractivity (Wildman–Crippen MR) is 77.6 cm³/mol. The van der Waals surface area contributed by atoms with Crippen molar-refractivity contribution in [3.63, 3.8) is 0 Å². The molecular formula is C17H24O2. The molecule has 2 rings (SSSR count). The number of Topliss-reactive ketones (excluding diaryl/α,β-unsaturated/α-hetero) is 1. The number of ether oxygens (including phenoxy) is 1. The largest absolute Gasteiger partial charge is 0.497 e. The Labute approximate surface area is 116 Å². The summed E-state index contributed by atoms with van der Waals surface area (Å²) in [5.41, 5.74) is 0.828. The number of methoxy groups -OCH3 is 1. The molecule has 0 heterocycles. The molecule has 104 valence electrons. The van der Waals surface area contributed by atoms with Gasteiger partial charge in [-0.3, -0.25) is 4.79 Å². The third-order valence-electron chi connectivity index (χ3n) is 4.46. The number of hydrogen-bond acceptors (Lipinski definition) is 2. The number of benzene rings is 1. The molecule has 0 bridgehead atoms. The lowest BCUT2D eigenvalue weighted by Gasteiger charge is -2.30. The van der Waals surface area contributed by atoms with Crippen molar-refractivity contribution in [3.8, 4) is 5.75 Å². The van der Waals surface area contributed by atoms with E-state index in [9.17, 15) is 4.79 Å². The van der Waals surface area contributed by atoms with Crippen LogP contribution in [0.15, 0.2) is 24.3 Å². The fourth-order valence-electron chi connectivity index (χ4n) is 3.04. The minimum absolute atomic E-state index is 0.225. The molecular weight excluding hydrogens is 236 g/mol. The summed E-state index contributed by atoms with van der Waals surface area (Å²) >= 11 is 0. The van der Waals surface area contributed by atoms with Gasteiger partial charge in [-0.1, -0.05) is 13.8 Å². The van der Waals surface area contributed by atoms with Crippen molar-refractivity contribution in [2.45, 2.75) is 39.5 Å². The number of carbonyl (C=O) groups is 1. The highest BCUT2D eigenvalue weighted by Crippen LogP contribution is 2.34. The van der Waals surface area contributed by atoms with E-state index < -0.39 is 0 Å². The molecule has 0 aromatic heterocycles. The molecule has 0 unspecified atom stereocenters. The Kier molecular flexibility index (Phi) is 4.62.